The summed E-state index contributed by atoms with van der Waals surface area (Å²) in [6.07, 6.45) is 5.22. The van der Waals surface area contributed by atoms with Crippen molar-refractivity contribution in [2.75, 3.05) is 13.7 Å². The Kier molecular flexibility index (Phi) is 6.28. The molecule has 0 bridgehead atoms. The molecule has 1 unspecified atom stereocenters. The Morgan fingerprint density at radius 3 is 2.32 bits per heavy atom. The van der Waals surface area contributed by atoms with Crippen molar-refractivity contribution in [3.8, 4) is 0 Å². The summed E-state index contributed by atoms with van der Waals surface area (Å²) in [6.45, 7) is 2.29. The third-order valence-electron chi connectivity index (χ3n) is 3.84. The second-order valence-electron chi connectivity index (χ2n) is 5.60. The van der Waals surface area contributed by atoms with Gasteiger partial charge in [-0.3, -0.25) is 9.59 Å². The minimum absolute atomic E-state index is 0.0797. The molecule has 0 aliphatic heterocycles. The van der Waals surface area contributed by atoms with Crippen LogP contribution in [-0.2, 0) is 14.3 Å². The van der Waals surface area contributed by atoms with Gasteiger partial charge in [0.15, 0.2) is 0 Å². The van der Waals surface area contributed by atoms with E-state index in [0.29, 0.717) is 19.4 Å². The highest BCUT2D eigenvalue weighted by Crippen LogP contribution is 2.38. The highest BCUT2D eigenvalue weighted by atomic mass is 16.5. The predicted octanol–water partition coefficient (Wildman–Crippen LogP) is 1.95. The van der Waals surface area contributed by atoms with Gasteiger partial charge in [-0.15, -0.1) is 0 Å². The first kappa shape index (κ1) is 16.0. The maximum absolute atomic E-state index is 12.0. The van der Waals surface area contributed by atoms with Crippen molar-refractivity contribution in [3.05, 3.63) is 0 Å². The molecule has 5 heteroatoms. The molecule has 5 nitrogen and oxygen atoms in total. The number of carboxylic acid groups (broad SMARTS) is 1. The second-order valence-corrected chi connectivity index (χ2v) is 5.60. The molecule has 0 aromatic rings. The van der Waals surface area contributed by atoms with Gasteiger partial charge in [-0.25, -0.2) is 0 Å². The number of hydrogen-bond donors (Lipinski definition) is 2. The lowest BCUT2D eigenvalue weighted by atomic mass is 9.77. The SMILES string of the molecule is COCC(C)NC(=O)CC1(C(=O)O)CCCCCC1. The van der Waals surface area contributed by atoms with Crippen LogP contribution in [0, 0.1) is 5.41 Å². The van der Waals surface area contributed by atoms with Crippen molar-refractivity contribution >= 4 is 11.9 Å². The molecule has 1 atom stereocenters. The quantitative estimate of drug-likeness (QED) is 0.724. The van der Waals surface area contributed by atoms with Crippen LogP contribution in [0.3, 0.4) is 0 Å². The smallest absolute Gasteiger partial charge is 0.310 e. The number of methoxy groups -OCH3 is 1. The minimum atomic E-state index is -0.868. The van der Waals surface area contributed by atoms with E-state index >= 15 is 0 Å². The molecule has 0 aromatic carbocycles. The normalized spacial score (nSPS) is 20.3. The number of rotatable bonds is 6. The molecule has 0 radical (unpaired) electrons. The summed E-state index contributed by atoms with van der Waals surface area (Å²) in [5.41, 5.74) is -0.868. The summed E-state index contributed by atoms with van der Waals surface area (Å²) in [6, 6.07) is -0.0888. The Morgan fingerprint density at radius 2 is 1.84 bits per heavy atom. The number of carboxylic acids is 1. The molecule has 0 saturated heterocycles. The van der Waals surface area contributed by atoms with Gasteiger partial charge in [0.1, 0.15) is 0 Å². The molecular formula is C14H25NO4. The predicted molar refractivity (Wildman–Crippen MR) is 71.9 cm³/mol. The van der Waals surface area contributed by atoms with Gasteiger partial charge in [-0.2, -0.15) is 0 Å². The first-order valence-corrected chi connectivity index (χ1v) is 7.02. The van der Waals surface area contributed by atoms with Crippen LogP contribution in [0.1, 0.15) is 51.9 Å². The molecule has 0 spiro atoms. The fourth-order valence-corrected chi connectivity index (χ4v) is 2.80. The van der Waals surface area contributed by atoms with Crippen molar-refractivity contribution in [2.45, 2.75) is 57.9 Å². The van der Waals surface area contributed by atoms with Gasteiger partial charge < -0.3 is 15.2 Å². The molecule has 1 fully saturated rings. The Balaban J connectivity index is 2.62. The molecule has 1 rings (SSSR count). The molecule has 0 aromatic heterocycles. The molecule has 1 amide bonds. The number of nitrogens with one attached hydrogen (secondary N) is 1. The van der Waals surface area contributed by atoms with Gasteiger partial charge in [0.05, 0.1) is 12.0 Å². The van der Waals surface area contributed by atoms with Gasteiger partial charge in [0.2, 0.25) is 5.91 Å². The molecule has 19 heavy (non-hydrogen) atoms. The summed E-state index contributed by atoms with van der Waals surface area (Å²) in [5, 5.41) is 12.3. The molecule has 110 valence electrons. The number of carbonyl (C=O) groups is 2. The maximum atomic E-state index is 12.0. The van der Waals surface area contributed by atoms with Crippen LogP contribution in [-0.4, -0.2) is 36.7 Å². The van der Waals surface area contributed by atoms with Crippen LogP contribution >= 0.6 is 0 Å². The van der Waals surface area contributed by atoms with Crippen LogP contribution in [0.25, 0.3) is 0 Å². The molecule has 0 heterocycles. The van der Waals surface area contributed by atoms with Gasteiger partial charge in [-0.1, -0.05) is 25.7 Å². The van der Waals surface area contributed by atoms with E-state index in [-0.39, 0.29) is 18.4 Å². The summed E-state index contributed by atoms with van der Waals surface area (Å²) >= 11 is 0. The highest BCUT2D eigenvalue weighted by molar-refractivity contribution is 5.85. The highest BCUT2D eigenvalue weighted by Gasteiger charge is 2.40. The molecule has 1 saturated carbocycles. The zero-order chi connectivity index (χ0) is 14.3. The molecular weight excluding hydrogens is 246 g/mol. The molecule has 2 N–H and O–H groups in total. The summed E-state index contributed by atoms with van der Waals surface area (Å²) in [7, 11) is 1.58. The van der Waals surface area contributed by atoms with Gasteiger partial charge in [-0.05, 0) is 19.8 Å². The van der Waals surface area contributed by atoms with Crippen molar-refractivity contribution in [1.82, 2.24) is 5.32 Å². The van der Waals surface area contributed by atoms with E-state index in [2.05, 4.69) is 5.32 Å². The van der Waals surface area contributed by atoms with E-state index in [9.17, 15) is 14.7 Å². The first-order chi connectivity index (χ1) is 9.00. The third-order valence-corrected chi connectivity index (χ3v) is 3.84. The zero-order valence-corrected chi connectivity index (χ0v) is 11.9. The van der Waals surface area contributed by atoms with Crippen molar-refractivity contribution < 1.29 is 19.4 Å². The number of carbonyl (C=O) groups excluding carboxylic acids is 1. The average Bonchev–Trinajstić information content (AvgIpc) is 2.55. The van der Waals surface area contributed by atoms with Gasteiger partial charge in [0.25, 0.3) is 0 Å². The topological polar surface area (TPSA) is 75.6 Å². The fraction of sp³-hybridized carbons (Fsp3) is 0.857. The van der Waals surface area contributed by atoms with E-state index in [1.165, 1.54) is 0 Å². The summed E-state index contributed by atoms with van der Waals surface area (Å²) in [4.78, 5) is 23.6. The second kappa shape index (κ2) is 7.48. The van der Waals surface area contributed by atoms with E-state index in [1.807, 2.05) is 6.92 Å². The van der Waals surface area contributed by atoms with Crippen LogP contribution in [0.2, 0.25) is 0 Å². The van der Waals surface area contributed by atoms with Crippen LogP contribution in [0.4, 0.5) is 0 Å². The standard InChI is InChI=1S/C14H25NO4/c1-11(10-19-2)15-12(16)9-14(13(17)18)7-5-3-4-6-8-14/h11H,3-10H2,1-2H3,(H,15,16)(H,17,18). The Bertz CT molecular complexity index is 309. The van der Waals surface area contributed by atoms with Crippen LogP contribution in [0.15, 0.2) is 0 Å². The summed E-state index contributed by atoms with van der Waals surface area (Å²) in [5.74, 6) is -1.02. The van der Waals surface area contributed by atoms with Gasteiger partial charge >= 0.3 is 5.97 Å². The lowest BCUT2D eigenvalue weighted by Crippen LogP contribution is -2.41. The zero-order valence-electron chi connectivity index (χ0n) is 11.9. The van der Waals surface area contributed by atoms with Crippen molar-refractivity contribution in [3.63, 3.8) is 0 Å². The monoisotopic (exact) mass is 271 g/mol. The van der Waals surface area contributed by atoms with E-state index in [4.69, 9.17) is 4.74 Å². The Morgan fingerprint density at radius 1 is 1.26 bits per heavy atom. The van der Waals surface area contributed by atoms with Crippen molar-refractivity contribution in [2.24, 2.45) is 5.41 Å². The maximum Gasteiger partial charge on any atom is 0.310 e. The summed E-state index contributed by atoms with van der Waals surface area (Å²) < 4.78 is 4.96. The molecule has 1 aliphatic carbocycles. The van der Waals surface area contributed by atoms with E-state index < -0.39 is 11.4 Å². The fourth-order valence-electron chi connectivity index (χ4n) is 2.80. The average molecular weight is 271 g/mol. The first-order valence-electron chi connectivity index (χ1n) is 7.02. The lowest BCUT2D eigenvalue weighted by molar-refractivity contribution is -0.153. The van der Waals surface area contributed by atoms with Crippen molar-refractivity contribution in [1.29, 1.82) is 0 Å². The minimum Gasteiger partial charge on any atom is -0.481 e. The number of hydrogen-bond acceptors (Lipinski definition) is 3. The Hall–Kier alpha value is -1.10. The van der Waals surface area contributed by atoms with E-state index in [0.717, 1.165) is 25.7 Å². The number of amides is 1. The number of ether oxygens (including phenoxy) is 1. The van der Waals surface area contributed by atoms with Crippen LogP contribution < -0.4 is 5.32 Å². The van der Waals surface area contributed by atoms with Gasteiger partial charge in [0, 0.05) is 19.6 Å². The lowest BCUT2D eigenvalue weighted by Gasteiger charge is -2.28. The Labute approximate surface area is 114 Å². The third kappa shape index (κ3) is 4.82. The molecule has 1 aliphatic rings. The largest absolute Gasteiger partial charge is 0.481 e. The van der Waals surface area contributed by atoms with Crippen LogP contribution in [0.5, 0.6) is 0 Å². The number of aliphatic carboxylic acids is 1. The van der Waals surface area contributed by atoms with E-state index in [1.54, 1.807) is 7.11 Å².